The first-order valence-electron chi connectivity index (χ1n) is 4.16. The Morgan fingerprint density at radius 2 is 2.33 bits per heavy atom. The molecule has 0 aliphatic carbocycles. The van der Waals surface area contributed by atoms with E-state index in [4.69, 9.17) is 10.00 Å². The van der Waals surface area contributed by atoms with Crippen molar-refractivity contribution in [1.29, 1.82) is 5.26 Å². The molecule has 1 aromatic carbocycles. The number of nitrogens with zero attached hydrogens (tertiary/aromatic N) is 1. The van der Waals surface area contributed by atoms with Crippen LogP contribution in [-0.2, 0) is 4.74 Å². The molecule has 0 N–H and O–H groups in total. The van der Waals surface area contributed by atoms with E-state index in [9.17, 15) is 9.18 Å². The average Bonchev–Trinajstić information content (AvgIpc) is 2.16. The SMILES string of the molecule is CCOC(=O)c1c(Br)cc(F)cc1C#N. The first-order valence-corrected chi connectivity index (χ1v) is 4.95. The fraction of sp³-hybridized carbons (Fsp3) is 0.200. The van der Waals surface area contributed by atoms with E-state index in [1.165, 1.54) is 0 Å². The third kappa shape index (κ3) is 2.54. The summed E-state index contributed by atoms with van der Waals surface area (Å²) in [4.78, 5) is 11.4. The molecular weight excluding hydrogens is 265 g/mol. The summed E-state index contributed by atoms with van der Waals surface area (Å²) in [5.41, 5.74) is 0.0149. The molecule has 0 spiro atoms. The van der Waals surface area contributed by atoms with E-state index in [1.54, 1.807) is 13.0 Å². The van der Waals surface area contributed by atoms with E-state index in [1.807, 2.05) is 0 Å². The number of hydrogen-bond acceptors (Lipinski definition) is 3. The molecule has 0 heterocycles. The molecule has 0 aliphatic rings. The highest BCUT2D eigenvalue weighted by atomic mass is 79.9. The number of nitriles is 1. The minimum absolute atomic E-state index is 0.0414. The first-order chi connectivity index (χ1) is 7.10. The number of benzene rings is 1. The molecular formula is C10H7BrFNO2. The van der Waals surface area contributed by atoms with Crippen LogP contribution in [0.1, 0.15) is 22.8 Å². The molecule has 1 aromatic rings. The van der Waals surface area contributed by atoms with Crippen LogP contribution < -0.4 is 0 Å². The largest absolute Gasteiger partial charge is 0.462 e. The Morgan fingerprint density at radius 3 is 2.87 bits per heavy atom. The Morgan fingerprint density at radius 1 is 1.67 bits per heavy atom. The zero-order valence-electron chi connectivity index (χ0n) is 7.88. The zero-order chi connectivity index (χ0) is 11.4. The molecule has 0 radical (unpaired) electrons. The van der Waals surface area contributed by atoms with Crippen LogP contribution in [0.4, 0.5) is 4.39 Å². The third-order valence-electron chi connectivity index (χ3n) is 1.66. The number of esters is 1. The van der Waals surface area contributed by atoms with E-state index in [0.29, 0.717) is 0 Å². The predicted octanol–water partition coefficient (Wildman–Crippen LogP) is 2.64. The van der Waals surface area contributed by atoms with Gasteiger partial charge in [0.25, 0.3) is 0 Å². The molecule has 0 fully saturated rings. The summed E-state index contributed by atoms with van der Waals surface area (Å²) < 4.78 is 17.9. The van der Waals surface area contributed by atoms with Crippen LogP contribution in [0, 0.1) is 17.1 Å². The summed E-state index contributed by atoms with van der Waals surface area (Å²) in [5.74, 6) is -1.22. The number of carbonyl (C=O) groups excluding carboxylic acids is 1. The van der Waals surface area contributed by atoms with Gasteiger partial charge in [-0.3, -0.25) is 0 Å². The van der Waals surface area contributed by atoms with Gasteiger partial charge in [-0.1, -0.05) is 0 Å². The van der Waals surface area contributed by atoms with Gasteiger partial charge in [0.1, 0.15) is 11.9 Å². The first kappa shape index (κ1) is 11.7. The van der Waals surface area contributed by atoms with Crippen molar-refractivity contribution in [2.75, 3.05) is 6.61 Å². The summed E-state index contributed by atoms with van der Waals surface area (Å²) in [5, 5.41) is 8.74. The van der Waals surface area contributed by atoms with E-state index in [2.05, 4.69) is 15.9 Å². The summed E-state index contributed by atoms with van der Waals surface area (Å²) >= 11 is 3.02. The molecule has 1 rings (SSSR count). The quantitative estimate of drug-likeness (QED) is 0.777. The molecule has 15 heavy (non-hydrogen) atoms. The normalized spacial score (nSPS) is 9.47. The van der Waals surface area contributed by atoms with Gasteiger partial charge in [-0.15, -0.1) is 0 Å². The number of hydrogen-bond donors (Lipinski definition) is 0. The van der Waals surface area contributed by atoms with Crippen molar-refractivity contribution in [1.82, 2.24) is 0 Å². The predicted molar refractivity (Wildman–Crippen MR) is 54.8 cm³/mol. The smallest absolute Gasteiger partial charge is 0.340 e. The summed E-state index contributed by atoms with van der Waals surface area (Å²) in [6, 6.07) is 3.86. The van der Waals surface area contributed by atoms with Gasteiger partial charge >= 0.3 is 5.97 Å². The monoisotopic (exact) mass is 271 g/mol. The highest BCUT2D eigenvalue weighted by Crippen LogP contribution is 2.23. The van der Waals surface area contributed by atoms with Crippen LogP contribution in [-0.4, -0.2) is 12.6 Å². The maximum absolute atomic E-state index is 12.9. The minimum Gasteiger partial charge on any atom is -0.462 e. The number of halogens is 2. The van der Waals surface area contributed by atoms with Crippen LogP contribution in [0.15, 0.2) is 16.6 Å². The topological polar surface area (TPSA) is 50.1 Å². The molecule has 3 nitrogen and oxygen atoms in total. The lowest BCUT2D eigenvalue weighted by molar-refractivity contribution is 0.0525. The summed E-state index contributed by atoms with van der Waals surface area (Å²) in [6.45, 7) is 1.86. The van der Waals surface area contributed by atoms with Crippen LogP contribution in [0.3, 0.4) is 0 Å². The maximum Gasteiger partial charge on any atom is 0.340 e. The van der Waals surface area contributed by atoms with Gasteiger partial charge in [0.15, 0.2) is 0 Å². The second-order valence-electron chi connectivity index (χ2n) is 2.64. The fourth-order valence-corrected chi connectivity index (χ4v) is 1.67. The Kier molecular flexibility index (Phi) is 3.81. The Balaban J connectivity index is 3.28. The fourth-order valence-electron chi connectivity index (χ4n) is 1.07. The molecule has 0 saturated heterocycles. The molecule has 0 atom stereocenters. The van der Waals surface area contributed by atoms with E-state index in [0.717, 1.165) is 12.1 Å². The van der Waals surface area contributed by atoms with E-state index < -0.39 is 11.8 Å². The van der Waals surface area contributed by atoms with E-state index in [-0.39, 0.29) is 22.2 Å². The van der Waals surface area contributed by atoms with Gasteiger partial charge in [-0.2, -0.15) is 5.26 Å². The lowest BCUT2D eigenvalue weighted by Crippen LogP contribution is -2.08. The van der Waals surface area contributed by atoms with Crippen molar-refractivity contribution in [2.24, 2.45) is 0 Å². The van der Waals surface area contributed by atoms with Crippen molar-refractivity contribution in [3.8, 4) is 6.07 Å². The molecule has 78 valence electrons. The highest BCUT2D eigenvalue weighted by molar-refractivity contribution is 9.10. The Labute approximate surface area is 94.6 Å². The van der Waals surface area contributed by atoms with E-state index >= 15 is 0 Å². The minimum atomic E-state index is -0.638. The number of rotatable bonds is 2. The number of carbonyl (C=O) groups is 1. The second-order valence-corrected chi connectivity index (χ2v) is 3.50. The van der Waals surface area contributed by atoms with Crippen molar-refractivity contribution in [3.63, 3.8) is 0 Å². The van der Waals surface area contributed by atoms with Crippen LogP contribution in [0.5, 0.6) is 0 Å². The van der Waals surface area contributed by atoms with Crippen LogP contribution in [0.25, 0.3) is 0 Å². The average molecular weight is 272 g/mol. The Hall–Kier alpha value is -1.41. The molecule has 5 heteroatoms. The Bertz CT molecular complexity index is 440. The van der Waals surface area contributed by atoms with Crippen molar-refractivity contribution in [2.45, 2.75) is 6.92 Å². The second kappa shape index (κ2) is 4.89. The lowest BCUT2D eigenvalue weighted by atomic mass is 10.1. The molecule has 0 saturated carbocycles. The molecule has 0 aromatic heterocycles. The van der Waals surface area contributed by atoms with Crippen LogP contribution >= 0.6 is 15.9 Å². The summed E-state index contributed by atoms with van der Waals surface area (Å²) in [7, 11) is 0. The van der Waals surface area contributed by atoms with Gasteiger partial charge in [0, 0.05) is 4.47 Å². The van der Waals surface area contributed by atoms with Gasteiger partial charge in [0.05, 0.1) is 17.7 Å². The molecule has 0 amide bonds. The lowest BCUT2D eigenvalue weighted by Gasteiger charge is -2.06. The van der Waals surface area contributed by atoms with Crippen LogP contribution in [0.2, 0.25) is 0 Å². The van der Waals surface area contributed by atoms with Gasteiger partial charge in [0.2, 0.25) is 0 Å². The van der Waals surface area contributed by atoms with Crippen molar-refractivity contribution < 1.29 is 13.9 Å². The summed E-state index contributed by atoms with van der Waals surface area (Å²) in [6.07, 6.45) is 0. The van der Waals surface area contributed by atoms with Gasteiger partial charge < -0.3 is 4.74 Å². The zero-order valence-corrected chi connectivity index (χ0v) is 9.47. The number of ether oxygens (including phenoxy) is 1. The maximum atomic E-state index is 12.9. The molecule has 0 unspecified atom stereocenters. The third-order valence-corrected chi connectivity index (χ3v) is 2.28. The molecule has 0 aliphatic heterocycles. The molecule has 0 bridgehead atoms. The standard InChI is InChI=1S/C10H7BrFNO2/c1-2-15-10(14)9-6(5-13)3-7(12)4-8(9)11/h3-4H,2H2,1H3. The van der Waals surface area contributed by atoms with Gasteiger partial charge in [-0.25, -0.2) is 9.18 Å². The van der Waals surface area contributed by atoms with Crippen molar-refractivity contribution >= 4 is 21.9 Å². The van der Waals surface area contributed by atoms with Gasteiger partial charge in [-0.05, 0) is 35.0 Å². The van der Waals surface area contributed by atoms with Crippen molar-refractivity contribution in [3.05, 3.63) is 33.5 Å². The highest BCUT2D eigenvalue weighted by Gasteiger charge is 2.17.